The molecule has 2 aromatic rings. The number of pyridine rings is 1. The summed E-state index contributed by atoms with van der Waals surface area (Å²) in [6.45, 7) is 5.62. The smallest absolute Gasteiger partial charge is 0.337 e. The Balaban J connectivity index is 2.49. The lowest BCUT2D eigenvalue weighted by molar-refractivity contribution is 0.0696. The summed E-state index contributed by atoms with van der Waals surface area (Å²) in [5, 5.41) is 17.0. The predicted molar refractivity (Wildman–Crippen MR) is 130 cm³/mol. The van der Waals surface area contributed by atoms with E-state index < -0.39 is 5.97 Å². The van der Waals surface area contributed by atoms with Crippen molar-refractivity contribution < 1.29 is 14.6 Å². The molecule has 0 atom stereocenters. The van der Waals surface area contributed by atoms with Crippen LogP contribution >= 0.6 is 0 Å². The van der Waals surface area contributed by atoms with Gasteiger partial charge in [0.25, 0.3) is 0 Å². The summed E-state index contributed by atoms with van der Waals surface area (Å²) in [6.07, 6.45) is 11.8. The van der Waals surface area contributed by atoms with Crippen LogP contribution in [-0.4, -0.2) is 27.6 Å². The second-order valence-corrected chi connectivity index (χ2v) is 6.63. The molecule has 0 aliphatic carbocycles. The van der Waals surface area contributed by atoms with Gasteiger partial charge in [0.15, 0.2) is 0 Å². The zero-order valence-corrected chi connectivity index (χ0v) is 18.1. The summed E-state index contributed by atoms with van der Waals surface area (Å²) < 4.78 is 5.76. The van der Waals surface area contributed by atoms with Crippen molar-refractivity contribution in [2.24, 2.45) is 16.5 Å². The molecule has 8 nitrogen and oxygen atoms in total. The van der Waals surface area contributed by atoms with E-state index in [2.05, 4.69) is 16.6 Å². The van der Waals surface area contributed by atoms with E-state index in [1.54, 1.807) is 25.2 Å². The topological polar surface area (TPSA) is 148 Å². The highest BCUT2D eigenvalue weighted by atomic mass is 16.5. The average molecular weight is 444 g/mol. The zero-order valence-electron chi connectivity index (χ0n) is 18.1. The number of aromatic nitrogens is 1. The Hall–Kier alpha value is -4.72. The number of carboxylic acid groups (broad SMARTS) is 1. The summed E-state index contributed by atoms with van der Waals surface area (Å²) in [4.78, 5) is 19.8. The van der Waals surface area contributed by atoms with Crippen LogP contribution in [0.2, 0.25) is 0 Å². The second-order valence-electron chi connectivity index (χ2n) is 6.63. The molecule has 33 heavy (non-hydrogen) atoms. The van der Waals surface area contributed by atoms with Crippen molar-refractivity contribution in [3.05, 3.63) is 120 Å². The van der Waals surface area contributed by atoms with Gasteiger partial charge in [-0.05, 0) is 55.1 Å². The number of rotatable bonds is 10. The van der Waals surface area contributed by atoms with E-state index in [0.29, 0.717) is 34.1 Å². The van der Waals surface area contributed by atoms with E-state index >= 15 is 0 Å². The summed E-state index contributed by atoms with van der Waals surface area (Å²) in [6, 6.07) is 10.7. The lowest BCUT2D eigenvalue weighted by Gasteiger charge is -2.08. The normalized spacial score (nSPS) is 13.1. The minimum Gasteiger partial charge on any atom is -0.478 e. The molecular formula is C25H25N5O3. The number of aliphatic imine (C=N–C) groups is 1. The number of hydrogen-bond acceptors (Lipinski definition) is 6. The van der Waals surface area contributed by atoms with E-state index in [1.807, 2.05) is 30.3 Å². The summed E-state index contributed by atoms with van der Waals surface area (Å²) in [5.74, 6) is -0.0347. The first-order valence-corrected chi connectivity index (χ1v) is 9.79. The quantitative estimate of drug-likeness (QED) is 0.189. The van der Waals surface area contributed by atoms with E-state index in [-0.39, 0.29) is 11.4 Å². The fraction of sp³-hybridized carbons (Fsp3) is 0.0400. The van der Waals surface area contributed by atoms with Crippen LogP contribution in [0.15, 0.2) is 114 Å². The molecule has 8 heteroatoms. The number of benzene rings is 1. The maximum atomic E-state index is 11.3. The number of allylic oxidation sites excluding steroid dienone is 5. The molecule has 6 N–H and O–H groups in total. The van der Waals surface area contributed by atoms with Gasteiger partial charge in [-0.3, -0.25) is 10.4 Å². The average Bonchev–Trinajstić information content (AvgIpc) is 2.79. The van der Waals surface area contributed by atoms with Gasteiger partial charge in [-0.2, -0.15) is 0 Å². The summed E-state index contributed by atoms with van der Waals surface area (Å²) in [7, 11) is 0. The second kappa shape index (κ2) is 12.2. The lowest BCUT2D eigenvalue weighted by atomic mass is 10.1. The Bertz CT molecular complexity index is 1180. The van der Waals surface area contributed by atoms with Gasteiger partial charge in [-0.1, -0.05) is 30.9 Å². The number of nitrogens with two attached hydrogens (primary N) is 2. The molecule has 1 aromatic carbocycles. The maximum Gasteiger partial charge on any atom is 0.337 e. The lowest BCUT2D eigenvalue weighted by Crippen LogP contribution is -2.08. The Morgan fingerprint density at radius 1 is 1.21 bits per heavy atom. The number of para-hydroxylation sites is 1. The van der Waals surface area contributed by atoms with Gasteiger partial charge in [-0.15, -0.1) is 0 Å². The van der Waals surface area contributed by atoms with E-state index in [0.717, 1.165) is 0 Å². The number of ether oxygens (including phenoxy) is 1. The number of carbonyl (C=O) groups is 1. The summed E-state index contributed by atoms with van der Waals surface area (Å²) >= 11 is 0. The molecule has 0 unspecified atom stereocenters. The van der Waals surface area contributed by atoms with Gasteiger partial charge in [0.2, 0.25) is 0 Å². The van der Waals surface area contributed by atoms with Crippen molar-refractivity contribution in [2.45, 2.75) is 6.92 Å². The van der Waals surface area contributed by atoms with Crippen molar-refractivity contribution in [3.8, 4) is 5.75 Å². The van der Waals surface area contributed by atoms with Crippen molar-refractivity contribution in [2.75, 3.05) is 0 Å². The van der Waals surface area contributed by atoms with Crippen LogP contribution in [0.3, 0.4) is 0 Å². The van der Waals surface area contributed by atoms with Crippen LogP contribution in [-0.2, 0) is 0 Å². The van der Waals surface area contributed by atoms with Crippen LogP contribution in [0.1, 0.15) is 22.8 Å². The highest BCUT2D eigenvalue weighted by Crippen LogP contribution is 2.18. The first-order valence-electron chi connectivity index (χ1n) is 9.79. The fourth-order valence-corrected chi connectivity index (χ4v) is 2.62. The third kappa shape index (κ3) is 7.80. The predicted octanol–water partition coefficient (Wildman–Crippen LogP) is 3.96. The van der Waals surface area contributed by atoms with Gasteiger partial charge in [0.1, 0.15) is 17.3 Å². The molecule has 0 aliphatic heterocycles. The molecule has 1 aromatic heterocycles. The van der Waals surface area contributed by atoms with Crippen molar-refractivity contribution in [3.63, 3.8) is 0 Å². The first kappa shape index (κ1) is 24.5. The van der Waals surface area contributed by atoms with E-state index in [9.17, 15) is 9.90 Å². The molecule has 0 amide bonds. The number of hydrogen-bond donors (Lipinski definition) is 4. The van der Waals surface area contributed by atoms with Gasteiger partial charge >= 0.3 is 5.97 Å². The van der Waals surface area contributed by atoms with Crippen LogP contribution < -0.4 is 16.2 Å². The maximum absolute atomic E-state index is 11.3. The molecule has 0 saturated heterocycles. The number of amidine groups is 1. The first-order chi connectivity index (χ1) is 15.8. The monoisotopic (exact) mass is 443 g/mol. The Morgan fingerprint density at radius 2 is 1.91 bits per heavy atom. The zero-order chi connectivity index (χ0) is 24.2. The van der Waals surface area contributed by atoms with Gasteiger partial charge in [-0.25, -0.2) is 9.79 Å². The third-order valence-corrected chi connectivity index (χ3v) is 4.10. The Morgan fingerprint density at radius 3 is 2.52 bits per heavy atom. The highest BCUT2D eigenvalue weighted by molar-refractivity contribution is 6.10. The number of nitrogens with one attached hydrogen (secondary N) is 1. The number of carboxylic acids is 1. The minimum atomic E-state index is -1.12. The molecule has 168 valence electrons. The molecule has 1 heterocycles. The Labute approximate surface area is 192 Å². The van der Waals surface area contributed by atoms with Gasteiger partial charge in [0, 0.05) is 24.0 Å². The van der Waals surface area contributed by atoms with E-state index in [4.69, 9.17) is 21.6 Å². The number of nitrogens with zero attached hydrogens (tertiary/aromatic N) is 2. The van der Waals surface area contributed by atoms with Crippen LogP contribution in [0, 0.1) is 5.41 Å². The molecule has 2 rings (SSSR count). The van der Waals surface area contributed by atoms with E-state index in [1.165, 1.54) is 36.8 Å². The van der Waals surface area contributed by atoms with Crippen LogP contribution in [0.5, 0.6) is 5.75 Å². The van der Waals surface area contributed by atoms with Crippen molar-refractivity contribution >= 4 is 17.5 Å². The SMILES string of the molecule is C=CC(=C\C=C(/C)Oc1ccccc1)/C(=C\C(=N)N)/N=C(\C=C\N)c1cncc(C(=O)O)c1. The molecule has 0 saturated carbocycles. The van der Waals surface area contributed by atoms with Crippen molar-refractivity contribution in [1.82, 2.24) is 4.98 Å². The van der Waals surface area contributed by atoms with Crippen LogP contribution in [0.4, 0.5) is 0 Å². The molecular weight excluding hydrogens is 418 g/mol. The largest absolute Gasteiger partial charge is 0.478 e. The molecule has 0 fully saturated rings. The molecule has 0 radical (unpaired) electrons. The number of aromatic carboxylic acids is 1. The molecule has 0 aliphatic rings. The minimum absolute atomic E-state index is 0.00109. The van der Waals surface area contributed by atoms with Crippen LogP contribution in [0.25, 0.3) is 0 Å². The van der Waals surface area contributed by atoms with Gasteiger partial charge < -0.3 is 21.3 Å². The fourth-order valence-electron chi connectivity index (χ4n) is 2.62. The highest BCUT2D eigenvalue weighted by Gasteiger charge is 2.10. The van der Waals surface area contributed by atoms with Gasteiger partial charge in [0.05, 0.1) is 17.0 Å². The standard InChI is InChI=1S/C25H25N5O3/c1-3-18(10-9-17(2)33-21-7-5-4-6-8-21)23(14-24(27)28)30-22(11-12-26)19-13-20(25(31)32)16-29-15-19/h3-16H,1,26H2,2H3,(H3,27,28)(H,31,32)/b12-11+,17-9+,18-10+,23-14+,30-22+. The Kier molecular flexibility index (Phi) is 9.08. The molecule has 0 spiro atoms. The molecule has 0 bridgehead atoms. The van der Waals surface area contributed by atoms with Crippen molar-refractivity contribution in [1.29, 1.82) is 5.41 Å². The summed E-state index contributed by atoms with van der Waals surface area (Å²) in [5.41, 5.74) is 12.8. The third-order valence-electron chi connectivity index (χ3n) is 4.10.